The van der Waals surface area contributed by atoms with Crippen molar-refractivity contribution >= 4 is 11.7 Å². The second-order valence-corrected chi connectivity index (χ2v) is 12.0. The van der Waals surface area contributed by atoms with Gasteiger partial charge < -0.3 is 19.5 Å². The van der Waals surface area contributed by atoms with Crippen LogP contribution in [0, 0.1) is 12.3 Å². The van der Waals surface area contributed by atoms with Gasteiger partial charge in [-0.05, 0) is 82.9 Å². The molecule has 7 nitrogen and oxygen atoms in total. The normalized spacial score (nSPS) is 18.4. The van der Waals surface area contributed by atoms with Crippen LogP contribution in [0.15, 0.2) is 36.2 Å². The summed E-state index contributed by atoms with van der Waals surface area (Å²) in [7, 11) is 0. The predicted octanol–water partition coefficient (Wildman–Crippen LogP) is 6.51. The molecule has 1 N–H and O–H groups in total. The van der Waals surface area contributed by atoms with E-state index in [4.69, 9.17) is 14.5 Å². The van der Waals surface area contributed by atoms with Crippen LogP contribution in [0.4, 0.5) is 5.69 Å². The maximum Gasteiger partial charge on any atom is 0.337 e. The highest BCUT2D eigenvalue weighted by atomic mass is 16.5. The van der Waals surface area contributed by atoms with E-state index in [1.807, 2.05) is 46.0 Å². The van der Waals surface area contributed by atoms with Crippen LogP contribution in [0.3, 0.4) is 0 Å². The Kier molecular flexibility index (Phi) is 7.93. The Bertz CT molecular complexity index is 1140. The number of hydrogen-bond donors (Lipinski definition) is 1. The smallest absolute Gasteiger partial charge is 0.337 e. The Morgan fingerprint density at radius 1 is 1.16 bits per heavy atom. The predicted molar refractivity (Wildman–Crippen MR) is 146 cm³/mol. The molecule has 7 heteroatoms. The fourth-order valence-corrected chi connectivity index (χ4v) is 5.04. The van der Waals surface area contributed by atoms with E-state index >= 15 is 0 Å². The van der Waals surface area contributed by atoms with Crippen molar-refractivity contribution < 1.29 is 19.4 Å². The number of aliphatic carboxylic acids is 1. The minimum Gasteiger partial charge on any atom is -0.488 e. The van der Waals surface area contributed by atoms with Gasteiger partial charge in [-0.2, -0.15) is 0 Å². The number of nitrogens with zero attached hydrogens (tertiary/aromatic N) is 3. The van der Waals surface area contributed by atoms with E-state index < -0.39 is 17.7 Å². The number of piperidine rings is 1. The third kappa shape index (κ3) is 6.69. The van der Waals surface area contributed by atoms with Gasteiger partial charge in [-0.25, -0.2) is 4.79 Å². The van der Waals surface area contributed by atoms with Crippen LogP contribution in [-0.4, -0.2) is 46.3 Å². The topological polar surface area (TPSA) is 84.8 Å². The molecule has 0 amide bonds. The Labute approximate surface area is 220 Å². The number of carboxylic acid groups (broad SMARTS) is 1. The molecule has 2 aromatic heterocycles. The van der Waals surface area contributed by atoms with Crippen LogP contribution in [0.25, 0.3) is 11.3 Å². The summed E-state index contributed by atoms with van der Waals surface area (Å²) in [5.74, 6) is -0.300. The van der Waals surface area contributed by atoms with Crippen molar-refractivity contribution in [3.05, 3.63) is 47.4 Å². The molecular weight excluding hydrogens is 466 g/mol. The number of hydrogen-bond acceptors (Lipinski definition) is 6. The maximum atomic E-state index is 12.5. The van der Waals surface area contributed by atoms with Crippen molar-refractivity contribution in [1.82, 2.24) is 9.97 Å². The Hall–Kier alpha value is -2.93. The zero-order valence-corrected chi connectivity index (χ0v) is 23.1. The lowest BCUT2D eigenvalue weighted by Crippen LogP contribution is -2.39. The molecule has 4 rings (SSSR count). The van der Waals surface area contributed by atoms with E-state index in [1.165, 1.54) is 12.0 Å². The molecule has 200 valence electrons. The summed E-state index contributed by atoms with van der Waals surface area (Å²) in [5, 5.41) is 10.3. The van der Waals surface area contributed by atoms with Gasteiger partial charge in [0.1, 0.15) is 12.4 Å². The first-order valence-electron chi connectivity index (χ1n) is 13.4. The summed E-state index contributed by atoms with van der Waals surface area (Å²) < 4.78 is 12.1. The first-order valence-corrected chi connectivity index (χ1v) is 13.4. The van der Waals surface area contributed by atoms with Crippen molar-refractivity contribution in [2.24, 2.45) is 5.41 Å². The number of carbonyl (C=O) groups is 1. The first-order chi connectivity index (χ1) is 17.4. The van der Waals surface area contributed by atoms with E-state index in [9.17, 15) is 9.90 Å². The van der Waals surface area contributed by atoms with Gasteiger partial charge in [-0.1, -0.05) is 19.9 Å². The van der Waals surface area contributed by atoms with Gasteiger partial charge in [0.25, 0.3) is 0 Å². The zero-order valence-electron chi connectivity index (χ0n) is 23.1. The van der Waals surface area contributed by atoms with Gasteiger partial charge in [-0.3, -0.25) is 9.97 Å². The Balaban J connectivity index is 1.74. The number of aromatic nitrogens is 2. The third-order valence-electron chi connectivity index (χ3n) is 7.25. The van der Waals surface area contributed by atoms with E-state index in [2.05, 4.69) is 29.8 Å². The van der Waals surface area contributed by atoms with Crippen LogP contribution in [0.2, 0.25) is 0 Å². The minimum atomic E-state index is -1.14. The van der Waals surface area contributed by atoms with E-state index in [-0.39, 0.29) is 5.41 Å². The van der Waals surface area contributed by atoms with E-state index in [0.29, 0.717) is 17.9 Å². The monoisotopic (exact) mass is 507 g/mol. The van der Waals surface area contributed by atoms with Gasteiger partial charge >= 0.3 is 5.97 Å². The van der Waals surface area contributed by atoms with Crippen molar-refractivity contribution in [3.8, 4) is 17.0 Å². The highest BCUT2D eigenvalue weighted by Gasteiger charge is 2.36. The SMILES string of the molecule is Cc1ncc(-c2ccc(OCC3=CCCC3)cn2)c(N2CCC(C)(C)CC2)c1[C@H](OC(C)(C)C)C(=O)O. The Morgan fingerprint density at radius 3 is 2.46 bits per heavy atom. The molecule has 0 unspecified atom stereocenters. The van der Waals surface area contributed by atoms with E-state index in [0.717, 1.165) is 61.5 Å². The summed E-state index contributed by atoms with van der Waals surface area (Å²) in [6, 6.07) is 3.87. The molecule has 1 atom stereocenters. The quantitative estimate of drug-likeness (QED) is 0.408. The van der Waals surface area contributed by atoms with Crippen LogP contribution >= 0.6 is 0 Å². The fourth-order valence-electron chi connectivity index (χ4n) is 5.04. The second kappa shape index (κ2) is 10.8. The molecular formula is C30H41N3O4. The van der Waals surface area contributed by atoms with Crippen LogP contribution in [0.5, 0.6) is 5.75 Å². The lowest BCUT2D eigenvalue weighted by atomic mass is 9.82. The fraction of sp³-hybridized carbons (Fsp3) is 0.567. The largest absolute Gasteiger partial charge is 0.488 e. The molecule has 0 spiro atoms. The summed E-state index contributed by atoms with van der Waals surface area (Å²) in [5.41, 5.74) is 4.62. The van der Waals surface area contributed by atoms with Crippen LogP contribution in [-0.2, 0) is 9.53 Å². The summed E-state index contributed by atoms with van der Waals surface area (Å²) in [6.45, 7) is 14.3. The second-order valence-electron chi connectivity index (χ2n) is 12.0. The highest BCUT2D eigenvalue weighted by molar-refractivity contribution is 5.85. The number of pyridine rings is 2. The van der Waals surface area contributed by atoms with Gasteiger partial charge in [0.05, 0.1) is 23.2 Å². The molecule has 2 aliphatic rings. The molecule has 0 bridgehead atoms. The molecule has 0 aromatic carbocycles. The Morgan fingerprint density at radius 2 is 1.89 bits per heavy atom. The van der Waals surface area contributed by atoms with Crippen LogP contribution in [0.1, 0.15) is 84.1 Å². The van der Waals surface area contributed by atoms with Gasteiger partial charge in [0, 0.05) is 36.1 Å². The molecule has 37 heavy (non-hydrogen) atoms. The number of rotatable bonds is 8. The third-order valence-corrected chi connectivity index (χ3v) is 7.25. The molecule has 1 aliphatic carbocycles. The molecule has 1 saturated heterocycles. The average Bonchev–Trinajstić information content (AvgIpc) is 3.35. The average molecular weight is 508 g/mol. The number of ether oxygens (including phenoxy) is 2. The number of allylic oxidation sites excluding steroid dienone is 1. The number of aryl methyl sites for hydroxylation is 1. The summed E-state index contributed by atoms with van der Waals surface area (Å²) >= 11 is 0. The first kappa shape index (κ1) is 27.1. The van der Waals surface area contributed by atoms with Gasteiger partial charge in [-0.15, -0.1) is 0 Å². The number of carboxylic acids is 1. The summed E-state index contributed by atoms with van der Waals surface area (Å²) in [4.78, 5) is 24.2. The standard InChI is InChI=1S/C30H41N3O4/c1-20-25(27(28(34)35)37-29(2,3)4)26(33-15-13-30(5,6)14-16-33)23(18-31-20)24-12-11-22(17-32-24)36-19-21-9-7-8-10-21/h9,11-12,17-18,27H,7-8,10,13-16,19H2,1-6H3,(H,34,35)/t27-/m0/s1. The van der Waals surface area contributed by atoms with Gasteiger partial charge in [0.15, 0.2) is 6.10 Å². The summed E-state index contributed by atoms with van der Waals surface area (Å²) in [6.07, 6.45) is 10.1. The highest BCUT2D eigenvalue weighted by Crippen LogP contribution is 2.43. The number of anilines is 1. The van der Waals surface area contributed by atoms with Crippen LogP contribution < -0.4 is 9.64 Å². The molecule has 1 fully saturated rings. The minimum absolute atomic E-state index is 0.249. The van der Waals surface area contributed by atoms with Crippen molar-refractivity contribution in [3.63, 3.8) is 0 Å². The molecule has 1 aliphatic heterocycles. The lowest BCUT2D eigenvalue weighted by molar-refractivity contribution is -0.160. The zero-order chi connectivity index (χ0) is 26.8. The molecule has 0 saturated carbocycles. The molecule has 0 radical (unpaired) electrons. The molecule has 2 aromatic rings. The maximum absolute atomic E-state index is 12.5. The lowest BCUT2D eigenvalue weighted by Gasteiger charge is -2.40. The van der Waals surface area contributed by atoms with Gasteiger partial charge in [0.2, 0.25) is 0 Å². The van der Waals surface area contributed by atoms with Crippen molar-refractivity contribution in [2.45, 2.75) is 85.4 Å². The molecule has 3 heterocycles. The van der Waals surface area contributed by atoms with E-state index in [1.54, 1.807) is 6.20 Å². The van der Waals surface area contributed by atoms with Crippen molar-refractivity contribution in [2.75, 3.05) is 24.6 Å². The van der Waals surface area contributed by atoms with Crippen molar-refractivity contribution in [1.29, 1.82) is 0 Å².